The van der Waals surface area contributed by atoms with Crippen molar-refractivity contribution in [2.45, 2.75) is 32.2 Å². The van der Waals surface area contributed by atoms with Crippen molar-refractivity contribution in [2.75, 3.05) is 26.2 Å². The summed E-state index contributed by atoms with van der Waals surface area (Å²) in [6.45, 7) is 3.18. The minimum Gasteiger partial charge on any atom is -0.450 e. The minimum atomic E-state index is -3.60. The van der Waals surface area contributed by atoms with E-state index in [4.69, 9.17) is 4.74 Å². The number of nitrogens with one attached hydrogen (secondary N) is 2. The van der Waals surface area contributed by atoms with Crippen molar-refractivity contribution in [3.63, 3.8) is 0 Å². The van der Waals surface area contributed by atoms with Gasteiger partial charge in [-0.25, -0.2) is 17.9 Å². The van der Waals surface area contributed by atoms with Crippen LogP contribution in [-0.4, -0.2) is 57.6 Å². The lowest BCUT2D eigenvalue weighted by atomic mass is 10.1. The van der Waals surface area contributed by atoms with E-state index < -0.39 is 10.0 Å². The van der Waals surface area contributed by atoms with E-state index in [9.17, 15) is 18.0 Å². The summed E-state index contributed by atoms with van der Waals surface area (Å²) in [6.07, 6.45) is 2.52. The molecule has 1 aliphatic rings. The molecule has 0 atom stereocenters. The number of hydrogen-bond acceptors (Lipinski definition) is 5. The van der Waals surface area contributed by atoms with Crippen molar-refractivity contribution in [2.24, 2.45) is 0 Å². The number of carbonyl (C=O) groups excluding carboxylic acids is 2. The molecule has 2 N–H and O–H groups in total. The van der Waals surface area contributed by atoms with Gasteiger partial charge in [-0.15, -0.1) is 0 Å². The highest BCUT2D eigenvalue weighted by molar-refractivity contribution is 7.92. The first-order chi connectivity index (χ1) is 13.4. The molecule has 9 heteroatoms. The van der Waals surface area contributed by atoms with Gasteiger partial charge in [0.25, 0.3) is 0 Å². The summed E-state index contributed by atoms with van der Waals surface area (Å²) in [6, 6.07) is 9.07. The van der Waals surface area contributed by atoms with E-state index in [0.29, 0.717) is 32.5 Å². The number of sulfonamides is 1. The number of benzene rings is 1. The fraction of sp³-hybridized carbons (Fsp3) is 0.474. The lowest BCUT2D eigenvalue weighted by Crippen LogP contribution is -2.47. The monoisotopic (exact) mass is 409 g/mol. The fourth-order valence-corrected chi connectivity index (χ4v) is 3.63. The number of piperidine rings is 1. The molecule has 154 valence electrons. The van der Waals surface area contributed by atoms with Crippen LogP contribution in [0.5, 0.6) is 0 Å². The Balaban J connectivity index is 1.67. The zero-order chi connectivity index (χ0) is 20.4. The summed E-state index contributed by atoms with van der Waals surface area (Å²) in [4.78, 5) is 25.3. The molecular formula is C19H27N3O5S. The molecule has 1 saturated heterocycles. The summed E-state index contributed by atoms with van der Waals surface area (Å²) in [5.41, 5.74) is 0.778. The van der Waals surface area contributed by atoms with E-state index in [2.05, 4.69) is 10.0 Å². The molecule has 28 heavy (non-hydrogen) atoms. The maximum Gasteiger partial charge on any atom is 0.409 e. The third-order valence-electron chi connectivity index (χ3n) is 4.28. The van der Waals surface area contributed by atoms with E-state index in [1.165, 1.54) is 6.08 Å². The Labute approximate surface area is 166 Å². The second kappa shape index (κ2) is 10.8. The van der Waals surface area contributed by atoms with Gasteiger partial charge in [0.1, 0.15) is 0 Å². The van der Waals surface area contributed by atoms with Gasteiger partial charge in [0.2, 0.25) is 15.9 Å². The standard InChI is InChI=1S/C19H27N3O5S/c1-2-27-19(24)22-13-9-17(10-14-22)21-18(23)8-12-20-28(25,26)15-11-16-6-4-3-5-7-16/h3-7,11,15,17,20H,2,8-10,12-14H2,1H3,(H,21,23)/b15-11+. The molecule has 1 aromatic carbocycles. The average molecular weight is 410 g/mol. The van der Waals surface area contributed by atoms with E-state index in [-0.39, 0.29) is 31.0 Å². The van der Waals surface area contributed by atoms with Gasteiger partial charge in [0, 0.05) is 37.5 Å². The van der Waals surface area contributed by atoms with Crippen molar-refractivity contribution in [3.8, 4) is 0 Å². The maximum atomic E-state index is 12.0. The Kier molecular flexibility index (Phi) is 8.46. The topological polar surface area (TPSA) is 105 Å². The van der Waals surface area contributed by atoms with E-state index >= 15 is 0 Å². The SMILES string of the molecule is CCOC(=O)N1CCC(NC(=O)CCNS(=O)(=O)/C=C/c2ccccc2)CC1. The normalized spacial score (nSPS) is 15.5. The van der Waals surface area contributed by atoms with Crippen molar-refractivity contribution < 1.29 is 22.7 Å². The fourth-order valence-electron chi connectivity index (χ4n) is 2.81. The van der Waals surface area contributed by atoms with Gasteiger partial charge in [-0.05, 0) is 31.4 Å². The molecule has 0 saturated carbocycles. The smallest absolute Gasteiger partial charge is 0.409 e. The molecule has 1 aliphatic heterocycles. The first-order valence-electron chi connectivity index (χ1n) is 9.33. The number of rotatable bonds is 8. The Morgan fingerprint density at radius 1 is 1.21 bits per heavy atom. The van der Waals surface area contributed by atoms with Crippen LogP contribution in [0.25, 0.3) is 6.08 Å². The van der Waals surface area contributed by atoms with Crippen molar-refractivity contribution in [3.05, 3.63) is 41.3 Å². The molecule has 1 heterocycles. The first kappa shape index (κ1) is 21.9. The van der Waals surface area contributed by atoms with Gasteiger partial charge < -0.3 is 15.0 Å². The quantitative estimate of drug-likeness (QED) is 0.680. The predicted octanol–water partition coefficient (Wildman–Crippen LogP) is 1.70. The highest BCUT2D eigenvalue weighted by Crippen LogP contribution is 2.11. The molecule has 0 unspecified atom stereocenters. The van der Waals surface area contributed by atoms with E-state index in [0.717, 1.165) is 11.0 Å². The third kappa shape index (κ3) is 7.69. The Morgan fingerprint density at radius 2 is 1.89 bits per heavy atom. The second-order valence-electron chi connectivity index (χ2n) is 6.43. The van der Waals surface area contributed by atoms with Crippen LogP contribution < -0.4 is 10.0 Å². The summed E-state index contributed by atoms with van der Waals surface area (Å²) < 4.78 is 31.2. The highest BCUT2D eigenvalue weighted by Gasteiger charge is 2.24. The number of amides is 2. The minimum absolute atomic E-state index is 0.0206. The number of hydrogen-bond donors (Lipinski definition) is 2. The van der Waals surface area contributed by atoms with E-state index in [1.807, 2.05) is 18.2 Å². The molecule has 2 amide bonds. The van der Waals surface area contributed by atoms with Gasteiger partial charge in [-0.2, -0.15) is 0 Å². The second-order valence-corrected chi connectivity index (χ2v) is 8.08. The van der Waals surface area contributed by atoms with Crippen molar-refractivity contribution in [1.29, 1.82) is 0 Å². The van der Waals surface area contributed by atoms with Crippen LogP contribution in [0.4, 0.5) is 4.79 Å². The maximum absolute atomic E-state index is 12.0. The van der Waals surface area contributed by atoms with Crippen molar-refractivity contribution in [1.82, 2.24) is 14.9 Å². The molecular weight excluding hydrogens is 382 g/mol. The van der Waals surface area contributed by atoms with Crippen molar-refractivity contribution >= 4 is 28.1 Å². The Hall–Kier alpha value is -2.39. The average Bonchev–Trinajstić information content (AvgIpc) is 2.68. The Morgan fingerprint density at radius 3 is 2.54 bits per heavy atom. The molecule has 0 bridgehead atoms. The molecule has 1 aromatic rings. The molecule has 0 spiro atoms. The number of nitrogens with zero attached hydrogens (tertiary/aromatic N) is 1. The van der Waals surface area contributed by atoms with Gasteiger partial charge >= 0.3 is 6.09 Å². The van der Waals surface area contributed by atoms with E-state index in [1.54, 1.807) is 24.0 Å². The number of likely N-dealkylation sites (tertiary alicyclic amines) is 1. The molecule has 8 nitrogen and oxygen atoms in total. The van der Waals surface area contributed by atoms with Crippen LogP contribution in [0.15, 0.2) is 35.7 Å². The Bertz CT molecular complexity index is 772. The van der Waals surface area contributed by atoms with Crippen LogP contribution in [0.2, 0.25) is 0 Å². The zero-order valence-electron chi connectivity index (χ0n) is 16.0. The van der Waals surface area contributed by atoms with Gasteiger partial charge in [0.05, 0.1) is 6.61 Å². The molecule has 2 rings (SSSR count). The first-order valence-corrected chi connectivity index (χ1v) is 10.9. The molecule has 0 radical (unpaired) electrons. The lowest BCUT2D eigenvalue weighted by Gasteiger charge is -2.31. The lowest BCUT2D eigenvalue weighted by molar-refractivity contribution is -0.121. The molecule has 1 fully saturated rings. The van der Waals surface area contributed by atoms with Crippen LogP contribution in [-0.2, 0) is 19.6 Å². The summed E-state index contributed by atoms with van der Waals surface area (Å²) >= 11 is 0. The third-order valence-corrected chi connectivity index (χ3v) is 5.38. The van der Waals surface area contributed by atoms with Crippen LogP contribution in [0, 0.1) is 0 Å². The molecule has 0 aromatic heterocycles. The molecule has 0 aliphatic carbocycles. The van der Waals surface area contributed by atoms with Gasteiger partial charge in [-0.1, -0.05) is 30.3 Å². The van der Waals surface area contributed by atoms with Gasteiger partial charge in [-0.3, -0.25) is 4.79 Å². The van der Waals surface area contributed by atoms with Gasteiger partial charge in [0.15, 0.2) is 0 Å². The zero-order valence-corrected chi connectivity index (χ0v) is 16.8. The summed E-state index contributed by atoms with van der Waals surface area (Å²) in [7, 11) is -3.60. The van der Waals surface area contributed by atoms with Crippen LogP contribution in [0.3, 0.4) is 0 Å². The highest BCUT2D eigenvalue weighted by atomic mass is 32.2. The summed E-state index contributed by atoms with van der Waals surface area (Å²) in [5.74, 6) is -0.218. The van der Waals surface area contributed by atoms with Crippen LogP contribution in [0.1, 0.15) is 31.7 Å². The summed E-state index contributed by atoms with van der Waals surface area (Å²) in [5, 5.41) is 3.97. The predicted molar refractivity (Wildman–Crippen MR) is 107 cm³/mol. The number of carbonyl (C=O) groups is 2. The number of ether oxygens (including phenoxy) is 1. The van der Waals surface area contributed by atoms with Crippen LogP contribution >= 0.6 is 0 Å². The largest absolute Gasteiger partial charge is 0.450 e.